The maximum Gasteiger partial charge on any atom is 0.348 e. The third-order valence-corrected chi connectivity index (χ3v) is 3.28. The Balaban J connectivity index is 1.93. The number of rotatable bonds is 2. The number of nitrogens with one attached hydrogen (secondary N) is 2. The molecule has 0 bridgehead atoms. The predicted molar refractivity (Wildman–Crippen MR) is 85.7 cm³/mol. The summed E-state index contributed by atoms with van der Waals surface area (Å²) >= 11 is 0. The van der Waals surface area contributed by atoms with E-state index in [1.54, 1.807) is 24.3 Å². The van der Waals surface area contributed by atoms with Gasteiger partial charge in [-0.2, -0.15) is 4.68 Å². The van der Waals surface area contributed by atoms with Crippen LogP contribution in [0.1, 0.15) is 0 Å². The molecule has 1 aromatic heterocycles. The number of hydrogen-bond acceptors (Lipinski definition) is 3. The molecule has 1 amide bonds. The van der Waals surface area contributed by atoms with Crippen LogP contribution in [0.25, 0.3) is 11.1 Å². The zero-order valence-electron chi connectivity index (χ0n) is 11.9. The van der Waals surface area contributed by atoms with E-state index in [0.29, 0.717) is 11.3 Å². The number of nitrogens with zero attached hydrogens (tertiary/aromatic N) is 1. The molecule has 0 aliphatic carbocycles. The largest absolute Gasteiger partial charge is 0.383 e. The van der Waals surface area contributed by atoms with Gasteiger partial charge >= 0.3 is 6.03 Å². The van der Waals surface area contributed by atoms with E-state index in [0.717, 1.165) is 4.68 Å². The monoisotopic (exact) mass is 312 g/mol. The van der Waals surface area contributed by atoms with Crippen molar-refractivity contribution in [2.45, 2.75) is 0 Å². The number of nitrogen functional groups attached to an aromatic ring is 1. The minimum atomic E-state index is -0.713. The molecule has 0 saturated heterocycles. The molecule has 0 saturated carbocycles. The van der Waals surface area contributed by atoms with Crippen LogP contribution in [0.4, 0.5) is 20.7 Å². The molecular formula is C16H13FN4O2. The topological polar surface area (TPSA) is 92.9 Å². The second-order valence-electron chi connectivity index (χ2n) is 4.84. The van der Waals surface area contributed by atoms with Crippen molar-refractivity contribution >= 4 is 17.5 Å². The molecule has 116 valence electrons. The number of benzene rings is 2. The SMILES string of the molecule is Nc1[nH]n(C(=O)Nc2ccc(F)cc2)c(=O)c1-c1ccccc1. The van der Waals surface area contributed by atoms with Crippen molar-refractivity contribution in [2.75, 3.05) is 11.1 Å². The summed E-state index contributed by atoms with van der Waals surface area (Å²) in [6.45, 7) is 0. The highest BCUT2D eigenvalue weighted by molar-refractivity contribution is 5.91. The van der Waals surface area contributed by atoms with E-state index in [1.807, 2.05) is 6.07 Å². The fourth-order valence-electron chi connectivity index (χ4n) is 2.19. The van der Waals surface area contributed by atoms with Crippen LogP contribution < -0.4 is 16.6 Å². The van der Waals surface area contributed by atoms with Crippen LogP contribution in [0.15, 0.2) is 59.4 Å². The Morgan fingerprint density at radius 1 is 1.09 bits per heavy atom. The van der Waals surface area contributed by atoms with Crippen molar-refractivity contribution in [3.63, 3.8) is 0 Å². The van der Waals surface area contributed by atoms with Crippen LogP contribution in [-0.2, 0) is 0 Å². The molecule has 6 nitrogen and oxygen atoms in total. The Bertz CT molecular complexity index is 898. The molecule has 0 radical (unpaired) electrons. The normalized spacial score (nSPS) is 10.5. The lowest BCUT2D eigenvalue weighted by Crippen LogP contribution is -2.30. The maximum atomic E-state index is 12.9. The fraction of sp³-hybridized carbons (Fsp3) is 0. The second kappa shape index (κ2) is 5.80. The van der Waals surface area contributed by atoms with Crippen LogP contribution in [0.2, 0.25) is 0 Å². The van der Waals surface area contributed by atoms with Gasteiger partial charge in [-0.1, -0.05) is 30.3 Å². The molecule has 2 aromatic carbocycles. The van der Waals surface area contributed by atoms with Gasteiger partial charge in [0.25, 0.3) is 5.56 Å². The highest BCUT2D eigenvalue weighted by Crippen LogP contribution is 2.20. The molecular weight excluding hydrogens is 299 g/mol. The highest BCUT2D eigenvalue weighted by atomic mass is 19.1. The summed E-state index contributed by atoms with van der Waals surface area (Å²) in [5.41, 5.74) is 6.45. The first-order chi connectivity index (χ1) is 11.1. The van der Waals surface area contributed by atoms with E-state index in [-0.39, 0.29) is 11.4 Å². The van der Waals surface area contributed by atoms with Crippen LogP contribution in [0.5, 0.6) is 0 Å². The van der Waals surface area contributed by atoms with Gasteiger partial charge in [-0.15, -0.1) is 0 Å². The van der Waals surface area contributed by atoms with Crippen molar-refractivity contribution in [1.29, 1.82) is 0 Å². The summed E-state index contributed by atoms with van der Waals surface area (Å²) in [4.78, 5) is 24.6. The Kier molecular flexibility index (Phi) is 3.68. The molecule has 7 heteroatoms. The molecule has 0 unspecified atom stereocenters. The summed E-state index contributed by atoms with van der Waals surface area (Å²) in [5.74, 6) is -0.328. The molecule has 3 rings (SSSR count). The summed E-state index contributed by atoms with van der Waals surface area (Å²) in [7, 11) is 0. The van der Waals surface area contributed by atoms with E-state index in [4.69, 9.17) is 5.73 Å². The summed E-state index contributed by atoms with van der Waals surface area (Å²) < 4.78 is 13.6. The number of aromatic amines is 1. The van der Waals surface area contributed by atoms with Crippen molar-refractivity contribution in [3.8, 4) is 11.1 Å². The molecule has 0 atom stereocenters. The summed E-state index contributed by atoms with van der Waals surface area (Å²) in [6, 6.07) is 13.3. The Labute approximate surface area is 130 Å². The standard InChI is InChI=1S/C16H13FN4O2/c17-11-6-8-12(9-7-11)19-16(23)21-15(22)13(14(18)20-21)10-4-2-1-3-5-10/h1-9,20H,18H2,(H,19,23). The number of carbonyl (C=O) groups is 1. The van der Waals surface area contributed by atoms with Crippen LogP contribution >= 0.6 is 0 Å². The highest BCUT2D eigenvalue weighted by Gasteiger charge is 2.18. The number of amides is 1. The lowest BCUT2D eigenvalue weighted by atomic mass is 10.1. The van der Waals surface area contributed by atoms with Gasteiger partial charge in [0.05, 0.1) is 5.56 Å². The van der Waals surface area contributed by atoms with E-state index in [9.17, 15) is 14.0 Å². The number of aromatic nitrogens is 2. The number of halogens is 1. The zero-order chi connectivity index (χ0) is 16.4. The van der Waals surface area contributed by atoms with Gasteiger partial charge in [-0.25, -0.2) is 9.18 Å². The van der Waals surface area contributed by atoms with Gasteiger partial charge in [0.1, 0.15) is 11.6 Å². The molecule has 0 spiro atoms. The molecule has 1 heterocycles. The quantitative estimate of drug-likeness (QED) is 0.679. The molecule has 3 aromatic rings. The first kappa shape index (κ1) is 14.6. The summed E-state index contributed by atoms with van der Waals surface area (Å²) in [5, 5.41) is 5.03. The van der Waals surface area contributed by atoms with Crippen molar-refractivity contribution in [3.05, 3.63) is 70.8 Å². The minimum Gasteiger partial charge on any atom is -0.383 e. The number of anilines is 2. The predicted octanol–water partition coefficient (Wildman–Crippen LogP) is 2.64. The molecule has 0 aliphatic heterocycles. The van der Waals surface area contributed by atoms with Gasteiger partial charge in [0.2, 0.25) is 0 Å². The average molecular weight is 312 g/mol. The van der Waals surface area contributed by atoms with Gasteiger partial charge in [0, 0.05) is 5.69 Å². The number of nitrogens with two attached hydrogens (primary N) is 1. The molecule has 4 N–H and O–H groups in total. The van der Waals surface area contributed by atoms with Gasteiger partial charge in [-0.05, 0) is 29.8 Å². The van der Waals surface area contributed by atoms with Crippen molar-refractivity contribution < 1.29 is 9.18 Å². The third-order valence-electron chi connectivity index (χ3n) is 3.28. The van der Waals surface area contributed by atoms with E-state index >= 15 is 0 Å². The first-order valence-electron chi connectivity index (χ1n) is 6.79. The maximum absolute atomic E-state index is 12.9. The van der Waals surface area contributed by atoms with Gasteiger partial charge in [0.15, 0.2) is 0 Å². The molecule has 0 fully saturated rings. The van der Waals surface area contributed by atoms with Crippen LogP contribution in [-0.4, -0.2) is 15.8 Å². The smallest absolute Gasteiger partial charge is 0.348 e. The van der Waals surface area contributed by atoms with Crippen LogP contribution in [0.3, 0.4) is 0 Å². The van der Waals surface area contributed by atoms with Crippen molar-refractivity contribution in [2.24, 2.45) is 0 Å². The second-order valence-corrected chi connectivity index (χ2v) is 4.84. The number of hydrogen-bond donors (Lipinski definition) is 3. The fourth-order valence-corrected chi connectivity index (χ4v) is 2.19. The van der Waals surface area contributed by atoms with Crippen LogP contribution in [0, 0.1) is 5.82 Å². The third kappa shape index (κ3) is 2.84. The average Bonchev–Trinajstić information content (AvgIpc) is 2.85. The minimum absolute atomic E-state index is 0.0930. The van der Waals surface area contributed by atoms with E-state index < -0.39 is 17.4 Å². The Hall–Kier alpha value is -3.35. The number of H-pyrrole nitrogens is 1. The number of carbonyl (C=O) groups excluding carboxylic acids is 1. The van der Waals surface area contributed by atoms with E-state index in [1.165, 1.54) is 24.3 Å². The summed E-state index contributed by atoms with van der Waals surface area (Å²) in [6.07, 6.45) is 0. The molecule has 23 heavy (non-hydrogen) atoms. The van der Waals surface area contributed by atoms with E-state index in [2.05, 4.69) is 10.4 Å². The lowest BCUT2D eigenvalue weighted by Gasteiger charge is -2.04. The Morgan fingerprint density at radius 2 is 1.74 bits per heavy atom. The lowest BCUT2D eigenvalue weighted by molar-refractivity contribution is 0.250. The van der Waals surface area contributed by atoms with Gasteiger partial charge < -0.3 is 11.1 Å². The zero-order valence-corrected chi connectivity index (χ0v) is 11.9. The van der Waals surface area contributed by atoms with Gasteiger partial charge in [-0.3, -0.25) is 9.89 Å². The van der Waals surface area contributed by atoms with Crippen molar-refractivity contribution in [1.82, 2.24) is 9.78 Å². The molecule has 0 aliphatic rings. The first-order valence-corrected chi connectivity index (χ1v) is 6.79. The Morgan fingerprint density at radius 3 is 2.39 bits per heavy atom.